The summed E-state index contributed by atoms with van der Waals surface area (Å²) in [6.07, 6.45) is 1.78. The molecule has 2 unspecified atom stereocenters. The lowest BCUT2D eigenvalue weighted by Gasteiger charge is -2.52. The summed E-state index contributed by atoms with van der Waals surface area (Å²) >= 11 is 0. The van der Waals surface area contributed by atoms with Crippen molar-refractivity contribution >= 4 is 6.34 Å². The molecule has 3 aliphatic heterocycles. The van der Waals surface area contributed by atoms with Crippen LogP contribution in [0.5, 0.6) is 0 Å². The highest BCUT2D eigenvalue weighted by Crippen LogP contribution is 2.27. The highest BCUT2D eigenvalue weighted by molar-refractivity contribution is 5.56. The first-order valence-corrected chi connectivity index (χ1v) is 3.37. The highest BCUT2D eigenvalue weighted by Gasteiger charge is 2.44. The smallest absolute Gasteiger partial charge is 0.0973 e. The van der Waals surface area contributed by atoms with Crippen molar-refractivity contribution in [3.63, 3.8) is 0 Å². The first kappa shape index (κ1) is 5.23. The van der Waals surface area contributed by atoms with E-state index in [2.05, 4.69) is 29.3 Å². The second-order valence-electron chi connectivity index (χ2n) is 2.79. The Bertz CT molecular complexity index is 144. The van der Waals surface area contributed by atoms with Gasteiger partial charge in [0.2, 0.25) is 0 Å². The zero-order valence-corrected chi connectivity index (χ0v) is 5.70. The molecule has 0 aliphatic carbocycles. The number of rotatable bonds is 0. The third-order valence-corrected chi connectivity index (χ3v) is 2.32. The molecule has 1 N–H and O–H groups in total. The van der Waals surface area contributed by atoms with Gasteiger partial charge in [-0.2, -0.15) is 0 Å². The summed E-state index contributed by atoms with van der Waals surface area (Å²) < 4.78 is 0. The van der Waals surface area contributed by atoms with Crippen LogP contribution in [-0.2, 0) is 0 Å². The second-order valence-corrected chi connectivity index (χ2v) is 2.79. The molecule has 0 aromatic heterocycles. The molecule has 3 heteroatoms. The number of nitrogens with one attached hydrogen (secondary N) is 1. The third-order valence-electron chi connectivity index (χ3n) is 2.32. The molecule has 50 valence electrons. The van der Waals surface area contributed by atoms with Crippen LogP contribution in [-0.4, -0.2) is 29.5 Å². The topological polar surface area (TPSA) is 27.6 Å². The van der Waals surface area contributed by atoms with Gasteiger partial charge in [-0.05, 0) is 13.8 Å². The molecule has 0 amide bonds. The van der Waals surface area contributed by atoms with Gasteiger partial charge in [0.25, 0.3) is 0 Å². The Morgan fingerprint density at radius 3 is 2.33 bits per heavy atom. The normalized spacial score (nSPS) is 54.0. The van der Waals surface area contributed by atoms with Gasteiger partial charge < -0.3 is 5.43 Å². The summed E-state index contributed by atoms with van der Waals surface area (Å²) in [6.45, 7) is 4.38. The third kappa shape index (κ3) is 0.477. The van der Waals surface area contributed by atoms with Gasteiger partial charge in [-0.25, -0.2) is 5.01 Å². The van der Waals surface area contributed by atoms with Crippen molar-refractivity contribution in [2.45, 2.75) is 32.0 Å². The summed E-state index contributed by atoms with van der Waals surface area (Å²) in [4.78, 5) is 4.28. The molecule has 1 saturated heterocycles. The summed E-state index contributed by atoms with van der Waals surface area (Å²) in [5.41, 5.74) is 3.09. The van der Waals surface area contributed by atoms with Crippen LogP contribution >= 0.6 is 0 Å². The van der Waals surface area contributed by atoms with Gasteiger partial charge in [-0.1, -0.05) is 0 Å². The van der Waals surface area contributed by atoms with Gasteiger partial charge in [0, 0.05) is 0 Å². The number of hydrogen-bond acceptors (Lipinski definition) is 3. The molecule has 0 aromatic rings. The van der Waals surface area contributed by atoms with Crippen LogP contribution < -0.4 is 5.43 Å². The van der Waals surface area contributed by atoms with Crippen LogP contribution in [0.2, 0.25) is 0 Å². The zero-order chi connectivity index (χ0) is 6.43. The quantitative estimate of drug-likeness (QED) is 0.493. The molecule has 0 aromatic carbocycles. The number of hydrogen-bond donors (Lipinski definition) is 1. The zero-order valence-electron chi connectivity index (χ0n) is 5.70. The molecule has 3 rings (SSSR count). The average molecular weight is 125 g/mol. The van der Waals surface area contributed by atoms with Crippen molar-refractivity contribution in [1.82, 2.24) is 10.4 Å². The van der Waals surface area contributed by atoms with E-state index in [0.717, 1.165) is 0 Å². The number of hydrazine groups is 1. The van der Waals surface area contributed by atoms with E-state index in [1.165, 1.54) is 0 Å². The van der Waals surface area contributed by atoms with Gasteiger partial charge in [-0.15, -0.1) is 0 Å². The Kier molecular flexibility index (Phi) is 0.858. The molecule has 1 fully saturated rings. The standard InChI is InChI=1S/C6H11N3/c1-4-6-5(2)9(4)8-3-7-6/h3-6H,1-2H3,(H,7,8). The van der Waals surface area contributed by atoms with Crippen LogP contribution in [0.15, 0.2) is 4.99 Å². The van der Waals surface area contributed by atoms with E-state index in [1.807, 2.05) is 0 Å². The van der Waals surface area contributed by atoms with Crippen LogP contribution in [0.1, 0.15) is 13.8 Å². The number of nitrogens with zero attached hydrogens (tertiary/aromatic N) is 2. The van der Waals surface area contributed by atoms with Crippen LogP contribution in [0.4, 0.5) is 0 Å². The minimum absolute atomic E-state index is 0.547. The molecule has 0 spiro atoms. The van der Waals surface area contributed by atoms with Crippen molar-refractivity contribution < 1.29 is 0 Å². The Hall–Kier alpha value is -0.570. The van der Waals surface area contributed by atoms with Crippen LogP contribution in [0.25, 0.3) is 0 Å². The predicted molar refractivity (Wildman–Crippen MR) is 36.2 cm³/mol. The van der Waals surface area contributed by atoms with Gasteiger partial charge in [0.15, 0.2) is 0 Å². The lowest BCUT2D eigenvalue weighted by atomic mass is 9.91. The van der Waals surface area contributed by atoms with E-state index in [4.69, 9.17) is 0 Å². The van der Waals surface area contributed by atoms with Crippen molar-refractivity contribution in [1.29, 1.82) is 0 Å². The summed E-state index contributed by atoms with van der Waals surface area (Å²) in [5.74, 6) is 0. The predicted octanol–water partition coefficient (Wildman–Crippen LogP) is -0.00590. The van der Waals surface area contributed by atoms with Gasteiger partial charge >= 0.3 is 0 Å². The van der Waals surface area contributed by atoms with Gasteiger partial charge in [-0.3, -0.25) is 4.99 Å². The van der Waals surface area contributed by atoms with E-state index in [9.17, 15) is 0 Å². The molecule has 0 saturated carbocycles. The van der Waals surface area contributed by atoms with Crippen molar-refractivity contribution in [3.8, 4) is 0 Å². The molecule has 3 aliphatic rings. The molecular formula is C6H11N3. The molecule has 9 heavy (non-hydrogen) atoms. The van der Waals surface area contributed by atoms with Crippen molar-refractivity contribution in [2.75, 3.05) is 0 Å². The molecule has 0 radical (unpaired) electrons. The van der Waals surface area contributed by atoms with Crippen molar-refractivity contribution in [2.24, 2.45) is 4.99 Å². The first-order valence-electron chi connectivity index (χ1n) is 3.37. The lowest BCUT2D eigenvalue weighted by Crippen LogP contribution is -2.71. The van der Waals surface area contributed by atoms with E-state index >= 15 is 0 Å². The fraction of sp³-hybridized carbons (Fsp3) is 0.833. The summed E-state index contributed by atoms with van der Waals surface area (Å²) in [6, 6.07) is 1.75. The van der Waals surface area contributed by atoms with Gasteiger partial charge in [0.05, 0.1) is 24.5 Å². The molecule has 2 atom stereocenters. The van der Waals surface area contributed by atoms with Crippen LogP contribution in [0.3, 0.4) is 0 Å². The largest absolute Gasteiger partial charge is 0.309 e. The minimum Gasteiger partial charge on any atom is -0.309 e. The minimum atomic E-state index is 0.547. The lowest BCUT2D eigenvalue weighted by molar-refractivity contribution is -0.0254. The molecule has 3 heterocycles. The second kappa shape index (κ2) is 1.48. The van der Waals surface area contributed by atoms with Crippen LogP contribution in [0, 0.1) is 0 Å². The Morgan fingerprint density at radius 2 is 2.11 bits per heavy atom. The Morgan fingerprint density at radius 1 is 1.44 bits per heavy atom. The highest BCUT2D eigenvalue weighted by atomic mass is 15.6. The Balaban J connectivity index is 2.21. The monoisotopic (exact) mass is 125 g/mol. The number of fused-ring (bicyclic) bond motifs is 1. The fourth-order valence-corrected chi connectivity index (χ4v) is 1.67. The van der Waals surface area contributed by atoms with E-state index in [0.29, 0.717) is 18.1 Å². The Labute approximate surface area is 54.7 Å². The maximum absolute atomic E-state index is 4.28. The molecule has 2 bridgehead atoms. The summed E-state index contributed by atoms with van der Waals surface area (Å²) in [5, 5.41) is 2.22. The van der Waals surface area contributed by atoms with E-state index in [-0.39, 0.29) is 0 Å². The van der Waals surface area contributed by atoms with Gasteiger partial charge in [0.1, 0.15) is 0 Å². The number of aliphatic imine (C=N–C) groups is 1. The summed E-state index contributed by atoms with van der Waals surface area (Å²) in [7, 11) is 0. The first-order chi connectivity index (χ1) is 4.30. The SMILES string of the molecule is CC1C2N=CNN1C2C. The molecular weight excluding hydrogens is 114 g/mol. The average Bonchev–Trinajstić information content (AvgIpc) is 1.91. The molecule has 3 nitrogen and oxygen atoms in total. The van der Waals surface area contributed by atoms with Crippen molar-refractivity contribution in [3.05, 3.63) is 0 Å². The van der Waals surface area contributed by atoms with E-state index < -0.39 is 0 Å². The van der Waals surface area contributed by atoms with E-state index in [1.54, 1.807) is 6.34 Å². The maximum Gasteiger partial charge on any atom is 0.0973 e. The maximum atomic E-state index is 4.28. The fourth-order valence-electron chi connectivity index (χ4n) is 1.67.